The van der Waals surface area contributed by atoms with Crippen LogP contribution in [0.15, 0.2) is 0 Å². The summed E-state index contributed by atoms with van der Waals surface area (Å²) in [6.07, 6.45) is 1.89. The minimum absolute atomic E-state index is 0.108. The first-order chi connectivity index (χ1) is 7.58. The molecule has 2 heterocycles. The highest BCUT2D eigenvalue weighted by atomic mass is 32.1. The van der Waals surface area contributed by atoms with E-state index in [4.69, 9.17) is 5.73 Å². The minimum atomic E-state index is 0.108. The first-order valence-corrected chi connectivity index (χ1v) is 6.44. The molecule has 0 saturated carbocycles. The number of nitrogens with two attached hydrogens (primary N) is 1. The molecule has 16 heavy (non-hydrogen) atoms. The van der Waals surface area contributed by atoms with E-state index in [0.717, 1.165) is 36.5 Å². The second-order valence-corrected chi connectivity index (χ2v) is 5.58. The number of thiazole rings is 1. The zero-order valence-corrected chi connectivity index (χ0v) is 10.5. The third-order valence-corrected chi connectivity index (χ3v) is 3.71. The summed E-state index contributed by atoms with van der Waals surface area (Å²) in [5, 5.41) is 0.504. The summed E-state index contributed by atoms with van der Waals surface area (Å²) in [6.45, 7) is 5.96. The number of hydrogen-bond acceptors (Lipinski definition) is 4. The Morgan fingerprint density at radius 3 is 3.00 bits per heavy atom. The predicted octanol–water partition coefficient (Wildman–Crippen LogP) is 1.77. The predicted molar refractivity (Wildman–Crippen MR) is 65.6 cm³/mol. The number of hydrogen-bond donors (Lipinski definition) is 1. The van der Waals surface area contributed by atoms with E-state index in [1.54, 1.807) is 0 Å². The van der Waals surface area contributed by atoms with E-state index in [0.29, 0.717) is 11.0 Å². The summed E-state index contributed by atoms with van der Waals surface area (Å²) in [6, 6.07) is 0. The first-order valence-electron chi connectivity index (χ1n) is 5.62. The first kappa shape index (κ1) is 11.4. The van der Waals surface area contributed by atoms with Gasteiger partial charge in [0.1, 0.15) is 4.88 Å². The van der Waals surface area contributed by atoms with Gasteiger partial charge >= 0.3 is 0 Å². The fourth-order valence-electron chi connectivity index (χ4n) is 1.82. The van der Waals surface area contributed by atoms with Gasteiger partial charge in [0.25, 0.3) is 5.91 Å². The van der Waals surface area contributed by atoms with Crippen molar-refractivity contribution in [2.24, 2.45) is 5.92 Å². The number of amides is 1. The van der Waals surface area contributed by atoms with E-state index in [2.05, 4.69) is 18.8 Å². The molecule has 1 aromatic rings. The van der Waals surface area contributed by atoms with Crippen molar-refractivity contribution in [2.45, 2.75) is 26.7 Å². The molecule has 1 aliphatic heterocycles. The number of rotatable bonds is 3. The van der Waals surface area contributed by atoms with Crippen LogP contribution in [0.4, 0.5) is 5.13 Å². The molecule has 1 amide bonds. The van der Waals surface area contributed by atoms with Crippen molar-refractivity contribution in [2.75, 3.05) is 18.8 Å². The van der Waals surface area contributed by atoms with E-state index in [1.807, 2.05) is 4.90 Å². The average molecular weight is 239 g/mol. The van der Waals surface area contributed by atoms with Crippen LogP contribution in [0.2, 0.25) is 0 Å². The van der Waals surface area contributed by atoms with Gasteiger partial charge in [0.05, 0.1) is 5.69 Å². The van der Waals surface area contributed by atoms with Gasteiger partial charge in [-0.3, -0.25) is 4.79 Å². The van der Waals surface area contributed by atoms with Gasteiger partial charge in [-0.25, -0.2) is 4.98 Å². The largest absolute Gasteiger partial charge is 0.375 e. The second-order valence-electron chi connectivity index (χ2n) is 4.55. The van der Waals surface area contributed by atoms with E-state index in [-0.39, 0.29) is 5.91 Å². The maximum atomic E-state index is 12.1. The zero-order chi connectivity index (χ0) is 11.7. The normalized spacial score (nSPS) is 15.7. The molecule has 0 atom stereocenters. The summed E-state index contributed by atoms with van der Waals surface area (Å²) in [5.41, 5.74) is 6.51. The molecule has 0 aliphatic carbocycles. The summed E-state index contributed by atoms with van der Waals surface area (Å²) < 4.78 is 0. The van der Waals surface area contributed by atoms with E-state index in [1.165, 1.54) is 11.3 Å². The molecule has 0 spiro atoms. The molecule has 0 bridgehead atoms. The van der Waals surface area contributed by atoms with Gasteiger partial charge in [-0.15, -0.1) is 0 Å². The van der Waals surface area contributed by atoms with Crippen LogP contribution in [0.25, 0.3) is 0 Å². The van der Waals surface area contributed by atoms with Gasteiger partial charge in [0, 0.05) is 19.5 Å². The molecular formula is C11H17N3OS. The average Bonchev–Trinajstić information content (AvgIpc) is 2.58. The molecule has 4 nitrogen and oxygen atoms in total. The summed E-state index contributed by atoms with van der Waals surface area (Å²) >= 11 is 1.31. The third kappa shape index (κ3) is 2.19. The van der Waals surface area contributed by atoms with Gasteiger partial charge in [0.15, 0.2) is 5.13 Å². The van der Waals surface area contributed by atoms with Crippen LogP contribution < -0.4 is 5.73 Å². The molecule has 0 aromatic carbocycles. The molecule has 0 saturated heterocycles. The number of carbonyl (C=O) groups is 1. The maximum Gasteiger partial charge on any atom is 0.265 e. The van der Waals surface area contributed by atoms with Gasteiger partial charge in [-0.2, -0.15) is 0 Å². The second kappa shape index (κ2) is 4.41. The molecule has 2 N–H and O–H groups in total. The topological polar surface area (TPSA) is 59.2 Å². The number of nitrogens with zero attached hydrogens (tertiary/aromatic N) is 2. The van der Waals surface area contributed by atoms with E-state index in [9.17, 15) is 4.79 Å². The van der Waals surface area contributed by atoms with Crippen LogP contribution in [-0.4, -0.2) is 28.9 Å². The fourth-order valence-corrected chi connectivity index (χ4v) is 2.67. The molecule has 88 valence electrons. The Kier molecular flexibility index (Phi) is 3.14. The molecule has 2 rings (SSSR count). The lowest BCUT2D eigenvalue weighted by Crippen LogP contribution is -2.37. The maximum absolute atomic E-state index is 12.1. The van der Waals surface area contributed by atoms with Gasteiger partial charge in [-0.05, 0) is 12.3 Å². The van der Waals surface area contributed by atoms with Crippen molar-refractivity contribution in [3.8, 4) is 0 Å². The molecular weight excluding hydrogens is 222 g/mol. The highest BCUT2D eigenvalue weighted by Gasteiger charge is 2.27. The van der Waals surface area contributed by atoms with E-state index >= 15 is 0 Å². The van der Waals surface area contributed by atoms with Crippen LogP contribution in [0.3, 0.4) is 0 Å². The summed E-state index contributed by atoms with van der Waals surface area (Å²) in [7, 11) is 0. The highest BCUT2D eigenvalue weighted by molar-refractivity contribution is 7.17. The standard InChI is InChI=1S/C11H17N3OS/c1-7(2)3-5-14-6-4-8-9(10(14)15)16-11(12)13-8/h7H,3-6H2,1-2H3,(H2,12,13). The van der Waals surface area contributed by atoms with Crippen LogP contribution in [0, 0.1) is 5.92 Å². The molecule has 0 radical (unpaired) electrons. The monoisotopic (exact) mass is 239 g/mol. The van der Waals surface area contributed by atoms with Crippen molar-refractivity contribution in [1.82, 2.24) is 9.88 Å². The number of anilines is 1. The smallest absolute Gasteiger partial charge is 0.265 e. The Labute approximate surface area is 99.5 Å². The molecule has 0 fully saturated rings. The van der Waals surface area contributed by atoms with Crippen molar-refractivity contribution in [3.63, 3.8) is 0 Å². The molecule has 5 heteroatoms. The molecule has 0 unspecified atom stereocenters. The van der Waals surface area contributed by atoms with Crippen molar-refractivity contribution in [1.29, 1.82) is 0 Å². The molecule has 1 aromatic heterocycles. The van der Waals surface area contributed by atoms with Crippen LogP contribution in [-0.2, 0) is 6.42 Å². The Hall–Kier alpha value is -1.10. The lowest BCUT2D eigenvalue weighted by Gasteiger charge is -2.26. The van der Waals surface area contributed by atoms with Gasteiger partial charge in [-0.1, -0.05) is 25.2 Å². The van der Waals surface area contributed by atoms with Gasteiger partial charge in [0.2, 0.25) is 0 Å². The van der Waals surface area contributed by atoms with Crippen LogP contribution in [0.1, 0.15) is 35.6 Å². The number of nitrogen functional groups attached to an aromatic ring is 1. The Bertz CT molecular complexity index is 400. The zero-order valence-electron chi connectivity index (χ0n) is 9.69. The third-order valence-electron chi connectivity index (χ3n) is 2.79. The number of aromatic nitrogens is 1. The molecule has 1 aliphatic rings. The van der Waals surface area contributed by atoms with Crippen LogP contribution >= 0.6 is 11.3 Å². The lowest BCUT2D eigenvalue weighted by molar-refractivity contribution is 0.0737. The Balaban J connectivity index is 2.09. The fraction of sp³-hybridized carbons (Fsp3) is 0.636. The SMILES string of the molecule is CC(C)CCN1CCc2nc(N)sc2C1=O. The Morgan fingerprint density at radius 2 is 2.31 bits per heavy atom. The van der Waals surface area contributed by atoms with Crippen molar-refractivity contribution in [3.05, 3.63) is 10.6 Å². The number of carbonyl (C=O) groups excluding carboxylic acids is 1. The summed E-state index contributed by atoms with van der Waals surface area (Å²) in [5.74, 6) is 0.733. The van der Waals surface area contributed by atoms with E-state index < -0.39 is 0 Å². The van der Waals surface area contributed by atoms with Gasteiger partial charge < -0.3 is 10.6 Å². The lowest BCUT2D eigenvalue weighted by atomic mass is 10.1. The summed E-state index contributed by atoms with van der Waals surface area (Å²) in [4.78, 5) is 18.9. The number of fused-ring (bicyclic) bond motifs is 1. The Morgan fingerprint density at radius 1 is 1.56 bits per heavy atom. The minimum Gasteiger partial charge on any atom is -0.375 e. The van der Waals surface area contributed by atoms with Crippen LogP contribution in [0.5, 0.6) is 0 Å². The van der Waals surface area contributed by atoms with Crippen molar-refractivity contribution < 1.29 is 4.79 Å². The van der Waals surface area contributed by atoms with Crippen molar-refractivity contribution >= 4 is 22.4 Å². The quantitative estimate of drug-likeness (QED) is 0.874. The highest BCUT2D eigenvalue weighted by Crippen LogP contribution is 2.26.